The zero-order valence-corrected chi connectivity index (χ0v) is 17.7. The molecule has 5 rings (SSSR count). The molecule has 2 fully saturated rings. The first-order chi connectivity index (χ1) is 15.9. The fourth-order valence-corrected chi connectivity index (χ4v) is 4.17. The lowest BCUT2D eigenvalue weighted by Crippen LogP contribution is -2.54. The number of benzene rings is 2. The molecule has 1 unspecified atom stereocenters. The molecule has 9 heteroatoms. The summed E-state index contributed by atoms with van der Waals surface area (Å²) in [5.41, 5.74) is 0.597. The van der Waals surface area contributed by atoms with E-state index < -0.39 is 35.5 Å². The zero-order chi connectivity index (χ0) is 23.1. The fraction of sp³-hybridized carbons (Fsp3) is 0.333. The quantitative estimate of drug-likeness (QED) is 0.627. The highest BCUT2D eigenvalue weighted by atomic mass is 19.1. The summed E-state index contributed by atoms with van der Waals surface area (Å²) in [5, 5.41) is 5.11. The number of rotatable bonds is 7. The summed E-state index contributed by atoms with van der Waals surface area (Å²) in [7, 11) is 0. The first-order valence-electron chi connectivity index (χ1n) is 10.9. The van der Waals surface area contributed by atoms with Crippen molar-refractivity contribution in [2.24, 2.45) is 5.92 Å². The summed E-state index contributed by atoms with van der Waals surface area (Å²) in [6.45, 7) is 0.800. The molecule has 3 aliphatic rings. The molecule has 8 nitrogen and oxygen atoms in total. The van der Waals surface area contributed by atoms with Crippen LogP contribution in [-0.4, -0.2) is 41.2 Å². The van der Waals surface area contributed by atoms with Crippen LogP contribution in [0.2, 0.25) is 0 Å². The molecule has 170 valence electrons. The van der Waals surface area contributed by atoms with Crippen molar-refractivity contribution < 1.29 is 28.3 Å². The van der Waals surface area contributed by atoms with E-state index in [1.165, 1.54) is 6.07 Å². The minimum atomic E-state index is -1.11. The van der Waals surface area contributed by atoms with Gasteiger partial charge in [-0.25, -0.2) is 4.39 Å². The van der Waals surface area contributed by atoms with Crippen LogP contribution in [0.15, 0.2) is 36.4 Å². The standard InChI is InChI=1S/C24H22FN3O5/c25-16-8-7-15-20(24(32)28(23(15)31)17-9-10-19(29)27-22(17)30)21(16)26-11-14-3-1-2-4-18(14)33-12-13-5-6-13/h1-4,7-8,13,17,26H,5-6,9-12H2,(H,27,29,30). The predicted molar refractivity (Wildman–Crippen MR) is 115 cm³/mol. The van der Waals surface area contributed by atoms with Crippen LogP contribution in [-0.2, 0) is 16.1 Å². The number of anilines is 1. The summed E-state index contributed by atoms with van der Waals surface area (Å²) >= 11 is 0. The van der Waals surface area contributed by atoms with Gasteiger partial charge in [0, 0.05) is 18.5 Å². The van der Waals surface area contributed by atoms with E-state index >= 15 is 0 Å². The molecule has 2 aromatic rings. The number of ether oxygens (including phenoxy) is 1. The molecule has 1 aliphatic carbocycles. The lowest BCUT2D eigenvalue weighted by molar-refractivity contribution is -0.136. The molecule has 4 amide bonds. The Labute approximate surface area is 189 Å². The van der Waals surface area contributed by atoms with Gasteiger partial charge in [0.15, 0.2) is 0 Å². The van der Waals surface area contributed by atoms with Crippen LogP contribution >= 0.6 is 0 Å². The minimum absolute atomic E-state index is 0.0148. The molecule has 1 saturated heterocycles. The Bertz CT molecular complexity index is 1180. The number of hydrogen-bond donors (Lipinski definition) is 2. The molecule has 33 heavy (non-hydrogen) atoms. The minimum Gasteiger partial charge on any atom is -0.493 e. The van der Waals surface area contributed by atoms with Gasteiger partial charge in [0.2, 0.25) is 11.8 Å². The number of amides is 4. The summed E-state index contributed by atoms with van der Waals surface area (Å²) in [4.78, 5) is 50.7. The number of fused-ring (bicyclic) bond motifs is 1. The fourth-order valence-electron chi connectivity index (χ4n) is 4.17. The van der Waals surface area contributed by atoms with Crippen molar-refractivity contribution in [3.63, 3.8) is 0 Å². The van der Waals surface area contributed by atoms with Crippen LogP contribution < -0.4 is 15.4 Å². The van der Waals surface area contributed by atoms with Crippen molar-refractivity contribution >= 4 is 29.3 Å². The Morgan fingerprint density at radius 3 is 2.58 bits per heavy atom. The number of hydrogen-bond acceptors (Lipinski definition) is 6. The third-order valence-corrected chi connectivity index (χ3v) is 6.16. The molecule has 0 spiro atoms. The van der Waals surface area contributed by atoms with Crippen molar-refractivity contribution in [3.8, 4) is 5.75 Å². The first kappa shape index (κ1) is 21.1. The molecule has 2 N–H and O–H groups in total. The number of piperidine rings is 1. The van der Waals surface area contributed by atoms with Crippen LogP contribution in [0.25, 0.3) is 0 Å². The average Bonchev–Trinajstić information content (AvgIpc) is 3.59. The van der Waals surface area contributed by atoms with E-state index in [0.29, 0.717) is 18.3 Å². The number of carbonyl (C=O) groups is 4. The van der Waals surface area contributed by atoms with Gasteiger partial charge in [-0.05, 0) is 43.4 Å². The Balaban J connectivity index is 1.40. The number of nitrogens with one attached hydrogen (secondary N) is 2. The van der Waals surface area contributed by atoms with Crippen molar-refractivity contribution in [1.29, 1.82) is 0 Å². The SMILES string of the molecule is O=C1CCC(N2C(=O)c3ccc(F)c(NCc4ccccc4OCC4CC4)c3C2=O)C(=O)N1. The van der Waals surface area contributed by atoms with E-state index in [-0.39, 0.29) is 36.2 Å². The average molecular weight is 451 g/mol. The normalized spacial score (nSPS) is 20.0. The molecule has 0 bridgehead atoms. The van der Waals surface area contributed by atoms with Crippen LogP contribution in [0.3, 0.4) is 0 Å². The monoisotopic (exact) mass is 451 g/mol. The molecular weight excluding hydrogens is 429 g/mol. The number of halogens is 1. The van der Waals surface area contributed by atoms with Gasteiger partial charge < -0.3 is 10.1 Å². The van der Waals surface area contributed by atoms with Crippen molar-refractivity contribution in [2.45, 2.75) is 38.3 Å². The smallest absolute Gasteiger partial charge is 0.264 e. The maximum Gasteiger partial charge on any atom is 0.264 e. The lowest BCUT2D eigenvalue weighted by atomic mass is 10.0. The van der Waals surface area contributed by atoms with Crippen molar-refractivity contribution in [1.82, 2.24) is 10.2 Å². The maximum absolute atomic E-state index is 14.8. The predicted octanol–water partition coefficient (Wildman–Crippen LogP) is 2.63. The lowest BCUT2D eigenvalue weighted by Gasteiger charge is -2.27. The topological polar surface area (TPSA) is 105 Å². The Kier molecular flexibility index (Phi) is 5.32. The second-order valence-electron chi connectivity index (χ2n) is 8.51. The summed E-state index contributed by atoms with van der Waals surface area (Å²) in [5.74, 6) is -2.04. The molecule has 1 atom stereocenters. The molecule has 0 aromatic heterocycles. The third kappa shape index (κ3) is 3.94. The van der Waals surface area contributed by atoms with E-state index in [4.69, 9.17) is 4.74 Å². The number of imide groups is 2. The molecule has 2 aromatic carbocycles. The number of nitrogens with zero attached hydrogens (tertiary/aromatic N) is 1. The van der Waals surface area contributed by atoms with Gasteiger partial charge in [-0.15, -0.1) is 0 Å². The van der Waals surface area contributed by atoms with E-state index in [2.05, 4.69) is 10.6 Å². The summed E-state index contributed by atoms with van der Waals surface area (Å²) in [6.07, 6.45) is 2.36. The van der Waals surface area contributed by atoms with Crippen LogP contribution in [0.1, 0.15) is 52.0 Å². The summed E-state index contributed by atoms with van der Waals surface area (Å²) < 4.78 is 20.7. The van der Waals surface area contributed by atoms with Gasteiger partial charge in [-0.2, -0.15) is 0 Å². The number of para-hydroxylation sites is 1. The molecule has 0 radical (unpaired) electrons. The Hall–Kier alpha value is -3.75. The largest absolute Gasteiger partial charge is 0.493 e. The molecular formula is C24H22FN3O5. The van der Waals surface area contributed by atoms with Crippen LogP contribution in [0.4, 0.5) is 10.1 Å². The van der Waals surface area contributed by atoms with Crippen LogP contribution in [0, 0.1) is 11.7 Å². The van der Waals surface area contributed by atoms with Gasteiger partial charge >= 0.3 is 0 Å². The van der Waals surface area contributed by atoms with E-state index in [9.17, 15) is 23.6 Å². The van der Waals surface area contributed by atoms with Crippen molar-refractivity contribution in [2.75, 3.05) is 11.9 Å². The molecule has 2 heterocycles. The maximum atomic E-state index is 14.8. The van der Waals surface area contributed by atoms with Gasteiger partial charge in [-0.3, -0.25) is 29.4 Å². The molecule has 1 saturated carbocycles. The molecule has 2 aliphatic heterocycles. The second kappa shape index (κ2) is 8.31. The zero-order valence-electron chi connectivity index (χ0n) is 17.7. The van der Waals surface area contributed by atoms with Gasteiger partial charge in [0.05, 0.1) is 23.4 Å². The highest BCUT2D eigenvalue weighted by Gasteiger charge is 2.46. The number of carbonyl (C=O) groups excluding carboxylic acids is 4. The third-order valence-electron chi connectivity index (χ3n) is 6.16. The summed E-state index contributed by atoms with van der Waals surface area (Å²) in [6, 6.07) is 8.63. The van der Waals surface area contributed by atoms with Crippen molar-refractivity contribution in [3.05, 3.63) is 58.9 Å². The van der Waals surface area contributed by atoms with Crippen LogP contribution in [0.5, 0.6) is 5.75 Å². The Morgan fingerprint density at radius 1 is 1.03 bits per heavy atom. The highest BCUT2D eigenvalue weighted by molar-refractivity contribution is 6.25. The van der Waals surface area contributed by atoms with E-state index in [0.717, 1.165) is 29.4 Å². The van der Waals surface area contributed by atoms with E-state index in [1.54, 1.807) is 0 Å². The van der Waals surface area contributed by atoms with Gasteiger partial charge in [0.25, 0.3) is 11.8 Å². The highest BCUT2D eigenvalue weighted by Crippen LogP contribution is 2.35. The Morgan fingerprint density at radius 2 is 1.82 bits per heavy atom. The van der Waals surface area contributed by atoms with Gasteiger partial charge in [-0.1, -0.05) is 18.2 Å². The first-order valence-corrected chi connectivity index (χ1v) is 10.9. The van der Waals surface area contributed by atoms with E-state index in [1.807, 2.05) is 24.3 Å². The van der Waals surface area contributed by atoms with Gasteiger partial charge in [0.1, 0.15) is 17.6 Å². The second-order valence-corrected chi connectivity index (χ2v) is 8.51.